The zero-order valence-electron chi connectivity index (χ0n) is 57.1. The number of phenolic OH excluding ortho intramolecular Hbond substituents is 1. The van der Waals surface area contributed by atoms with Crippen molar-refractivity contribution in [1.29, 1.82) is 0 Å². The van der Waals surface area contributed by atoms with Crippen LogP contribution in [0.1, 0.15) is 263 Å². The number of aldehydes is 1. The van der Waals surface area contributed by atoms with Crippen molar-refractivity contribution in [2.24, 2.45) is 4.99 Å². The molecule has 0 fully saturated rings. The molecule has 0 amide bonds. The average molecular weight is 1380 g/mol. The molecule has 4 heterocycles. The lowest BCUT2D eigenvalue weighted by molar-refractivity contribution is -0.439. The third-order valence-corrected chi connectivity index (χ3v) is 19.4. The fourth-order valence-electron chi connectivity index (χ4n) is 12.6. The summed E-state index contributed by atoms with van der Waals surface area (Å²) in [6.45, 7) is 26.9. The molecule has 91 heavy (non-hydrogen) atoms. The van der Waals surface area contributed by atoms with E-state index in [0.717, 1.165) is 42.4 Å². The average Bonchev–Trinajstić information content (AvgIpc) is 1.56. The number of carbonyl (C=O) groups excluding carboxylic acids is 1. The summed E-state index contributed by atoms with van der Waals surface area (Å²) in [5.41, 5.74) is 10.6. The predicted molar refractivity (Wildman–Crippen MR) is 381 cm³/mol. The maximum absolute atomic E-state index is 11.2. The number of nitro benzene ring substituents is 2. The zero-order valence-corrected chi connectivity index (χ0v) is 60.3. The summed E-state index contributed by atoms with van der Waals surface area (Å²) in [5, 5.41) is 31.6. The number of carbonyl (C=O) groups is 1. The highest BCUT2D eigenvalue weighted by Crippen LogP contribution is 2.55. The topological polar surface area (TPSA) is 151 Å². The van der Waals surface area contributed by atoms with Gasteiger partial charge in [0.1, 0.15) is 18.0 Å². The number of benzene rings is 5. The summed E-state index contributed by atoms with van der Waals surface area (Å²) in [7, 11) is 0. The van der Waals surface area contributed by atoms with Crippen molar-refractivity contribution in [3.63, 3.8) is 0 Å². The Kier molecular flexibility index (Phi) is 33.1. The van der Waals surface area contributed by atoms with Gasteiger partial charge in [-0.05, 0) is 101 Å². The monoisotopic (exact) mass is 1370 g/mol. The molecule has 1 atom stereocenters. The third-order valence-electron chi connectivity index (χ3n) is 18.9. The molecule has 0 aliphatic carbocycles. The van der Waals surface area contributed by atoms with Crippen LogP contribution in [-0.2, 0) is 16.2 Å². The van der Waals surface area contributed by atoms with Gasteiger partial charge in [0.2, 0.25) is 11.4 Å². The number of halogens is 2. The van der Waals surface area contributed by atoms with E-state index in [0.29, 0.717) is 12.0 Å². The van der Waals surface area contributed by atoms with Crippen LogP contribution in [0.5, 0.6) is 11.5 Å². The number of hydrogen-bond donors (Lipinski definition) is 1. The Labute approximate surface area is 566 Å². The van der Waals surface area contributed by atoms with Crippen LogP contribution in [-0.4, -0.2) is 61.4 Å². The molecule has 14 heteroatoms. The molecule has 12 nitrogen and oxygen atoms in total. The lowest BCUT2D eigenvalue weighted by Gasteiger charge is -2.47. The number of anilines is 1. The summed E-state index contributed by atoms with van der Waals surface area (Å²) >= 11 is 3.44. The number of fused-ring (bicyclic) bond motifs is 4. The van der Waals surface area contributed by atoms with Gasteiger partial charge in [-0.1, -0.05) is 234 Å². The summed E-state index contributed by atoms with van der Waals surface area (Å²) in [5.74, 6) is 0.445. The molecule has 1 N–H and O–H groups in total. The van der Waals surface area contributed by atoms with Crippen LogP contribution in [0.25, 0.3) is 6.08 Å². The lowest BCUT2D eigenvalue weighted by Crippen LogP contribution is -3.00. The van der Waals surface area contributed by atoms with Gasteiger partial charge in [0.05, 0.1) is 31.9 Å². The van der Waals surface area contributed by atoms with Crippen molar-refractivity contribution in [2.75, 3.05) is 23.3 Å². The first-order chi connectivity index (χ1) is 43.2. The zero-order chi connectivity index (χ0) is 65.7. The van der Waals surface area contributed by atoms with Crippen LogP contribution in [0.2, 0.25) is 0 Å². The molecule has 4 aliphatic heterocycles. The number of para-hydroxylation sites is 3. The molecular formula is C77H109Br2N5O7. The number of nitrogens with zero attached hydrogens (tertiary/aromatic N) is 5. The Bertz CT molecular complexity index is 3160. The second-order valence-corrected chi connectivity index (χ2v) is 27.1. The molecule has 0 saturated heterocycles. The van der Waals surface area contributed by atoms with E-state index in [9.17, 15) is 25.0 Å². The van der Waals surface area contributed by atoms with Gasteiger partial charge in [0.15, 0.2) is 12.0 Å². The highest BCUT2D eigenvalue weighted by atomic mass is 79.9. The van der Waals surface area contributed by atoms with E-state index in [4.69, 9.17) is 9.84 Å². The quantitative estimate of drug-likeness (QED) is 0.0124. The minimum Gasteiger partial charge on any atom is -1.00 e. The molecule has 9 rings (SSSR count). The second kappa shape index (κ2) is 38.9. The minimum atomic E-state index is -0.652. The first kappa shape index (κ1) is 77.5. The number of rotatable bonds is 29. The Morgan fingerprint density at radius 1 is 0.593 bits per heavy atom. The Morgan fingerprint density at radius 2 is 1.08 bits per heavy atom. The number of alkyl halides is 1. The standard InChI is InChI=1S/C28H36N2O3.C21H34N.C11H13N.C10H21Br.C7H5NO4.BrH/c1-4-5-6-7-8-9-10-13-20-29-25-15-12-11-14-24(25)27(2,3)28(29)19-18-22-21-23(30(31)32)16-17-26(22)33-28;1-5-6-7-8-9-10-11-14-17-22-18(2)21(3,4)19-15-12-13-16-20(19)22;1-8-11(2,3)9-6-4-5-7-10(9)12-8;1-2-3-4-5-6-7-8-9-10-11;9-4-5-3-6(8(11)12)1-2-7(5)10;/h11-12,14-19,21H,4-10,13,20H2,1-3H3;12-13,15-16H,5-11,14,17H2,1-4H3;4-7H,1-3H3;2-10H2,1H3;1-4,10H;1H/q;+1;;;;/p-1. The number of phenols is 1. The van der Waals surface area contributed by atoms with Crippen LogP contribution in [0.3, 0.4) is 0 Å². The van der Waals surface area contributed by atoms with E-state index in [1.54, 1.807) is 12.1 Å². The summed E-state index contributed by atoms with van der Waals surface area (Å²) in [4.78, 5) is 37.6. The number of ether oxygens (including phenoxy) is 1. The smallest absolute Gasteiger partial charge is 0.270 e. The molecule has 5 aromatic rings. The fourth-order valence-corrected chi connectivity index (χ4v) is 13.0. The van der Waals surface area contributed by atoms with Crippen LogP contribution >= 0.6 is 15.9 Å². The van der Waals surface area contributed by atoms with Gasteiger partial charge in [-0.3, -0.25) is 30.0 Å². The fraction of sp³-hybridized carbons (Fsp3) is 0.545. The van der Waals surface area contributed by atoms with Crippen molar-refractivity contribution in [3.8, 4) is 11.5 Å². The maximum Gasteiger partial charge on any atom is 0.270 e. The van der Waals surface area contributed by atoms with Gasteiger partial charge in [-0.15, -0.1) is 0 Å². The normalized spacial score (nSPS) is 16.1. The minimum absolute atomic E-state index is 0. The molecule has 1 spiro atoms. The van der Waals surface area contributed by atoms with Crippen LogP contribution < -0.4 is 26.6 Å². The summed E-state index contributed by atoms with van der Waals surface area (Å²) < 4.78 is 9.33. The lowest BCUT2D eigenvalue weighted by atomic mass is 9.76. The Balaban J connectivity index is 0.000000262. The van der Waals surface area contributed by atoms with E-state index in [1.165, 1.54) is 205 Å². The van der Waals surface area contributed by atoms with E-state index >= 15 is 0 Å². The largest absolute Gasteiger partial charge is 1.00 e. The first-order valence-electron chi connectivity index (χ1n) is 34.1. The number of unbranched alkanes of at least 4 members (excludes halogenated alkanes) is 21. The SMILES string of the molecule is CC1=Nc2ccccc2C1(C)C.CCCCCCCCCCBr.CCCCCCCCCCN1c2ccccc2C(C)(C)C12C=Cc1cc([N+](=O)[O-])ccc1O2.CCCCCCCCCC[N+]1=C(C)C(C)(C)c2ccccc21.O=Cc1cc([N+](=O)[O-])ccc1O.[Br-]. The van der Waals surface area contributed by atoms with Gasteiger partial charge in [0, 0.05) is 83.5 Å². The highest BCUT2D eigenvalue weighted by molar-refractivity contribution is 9.09. The molecule has 0 radical (unpaired) electrons. The molecule has 4 aliphatic rings. The molecule has 0 bridgehead atoms. The number of aliphatic imine (C=N–C) groups is 1. The van der Waals surface area contributed by atoms with Crippen LogP contribution in [0, 0.1) is 20.2 Å². The van der Waals surface area contributed by atoms with Gasteiger partial charge in [-0.25, -0.2) is 0 Å². The number of aromatic hydroxyl groups is 1. The molecular weight excluding hydrogens is 1270 g/mol. The number of nitro groups is 2. The molecule has 0 saturated carbocycles. The Morgan fingerprint density at radius 3 is 1.63 bits per heavy atom. The van der Waals surface area contributed by atoms with Crippen molar-refractivity contribution in [2.45, 2.75) is 252 Å². The van der Waals surface area contributed by atoms with Crippen LogP contribution in [0.15, 0.2) is 120 Å². The molecule has 498 valence electrons. The predicted octanol–water partition coefficient (Wildman–Crippen LogP) is 19.6. The first-order valence-corrected chi connectivity index (χ1v) is 35.2. The second-order valence-electron chi connectivity index (χ2n) is 26.4. The van der Waals surface area contributed by atoms with Crippen molar-refractivity contribution >= 4 is 68.2 Å². The van der Waals surface area contributed by atoms with E-state index in [1.807, 2.05) is 12.1 Å². The molecule has 1 unspecified atom stereocenters. The Hall–Kier alpha value is -5.99. The summed E-state index contributed by atoms with van der Waals surface area (Å²) in [6.07, 6.45) is 37.2. The van der Waals surface area contributed by atoms with Crippen molar-refractivity contribution < 1.29 is 46.0 Å². The van der Waals surface area contributed by atoms with Crippen molar-refractivity contribution in [3.05, 3.63) is 163 Å². The molecule has 5 aromatic carbocycles. The summed E-state index contributed by atoms with van der Waals surface area (Å²) in [6, 6.07) is 34.0. The third kappa shape index (κ3) is 21.3. The number of hydrogen-bond acceptors (Lipinski definition) is 9. The highest BCUT2D eigenvalue weighted by Gasteiger charge is 2.58. The van der Waals surface area contributed by atoms with E-state index in [-0.39, 0.29) is 60.8 Å². The number of non-ortho nitro benzene ring substituents is 2. The van der Waals surface area contributed by atoms with Crippen LogP contribution in [0.4, 0.5) is 28.4 Å². The molecule has 0 aromatic heterocycles. The maximum atomic E-state index is 11.2. The van der Waals surface area contributed by atoms with Gasteiger partial charge < -0.3 is 31.7 Å². The van der Waals surface area contributed by atoms with Gasteiger partial charge in [0.25, 0.3) is 11.4 Å². The van der Waals surface area contributed by atoms with E-state index in [2.05, 4.69) is 179 Å². The van der Waals surface area contributed by atoms with E-state index < -0.39 is 10.6 Å². The van der Waals surface area contributed by atoms with Crippen molar-refractivity contribution in [1.82, 2.24) is 0 Å². The van der Waals surface area contributed by atoms with Gasteiger partial charge in [-0.2, -0.15) is 4.58 Å². The van der Waals surface area contributed by atoms with Gasteiger partial charge >= 0.3 is 0 Å².